The molecule has 0 bridgehead atoms. The standard InChI is InChI=1S/C21H22F2N6O2/c1-12-10-29(11-13(2)31-12)21-24-5-4-18(27-21)26-19-8-15(9-25-28-19)14-6-16(22)20(30-3)17(23)7-14/h4-9,12-13H,10-11H2,1-3H3,(H,24,26,27,28)/t12-,13+. The van der Waals surface area contributed by atoms with Gasteiger partial charge in [-0.3, -0.25) is 0 Å². The normalized spacial score (nSPS) is 18.7. The Morgan fingerprint density at radius 1 is 1.06 bits per heavy atom. The van der Waals surface area contributed by atoms with Gasteiger partial charge >= 0.3 is 0 Å². The number of methoxy groups -OCH3 is 1. The number of rotatable bonds is 5. The number of nitrogens with zero attached hydrogens (tertiary/aromatic N) is 5. The molecule has 1 aromatic carbocycles. The van der Waals surface area contributed by atoms with Crippen LogP contribution < -0.4 is 15.0 Å². The van der Waals surface area contributed by atoms with Crippen molar-refractivity contribution in [1.29, 1.82) is 0 Å². The second kappa shape index (κ2) is 8.76. The smallest absolute Gasteiger partial charge is 0.227 e. The highest BCUT2D eigenvalue weighted by Gasteiger charge is 2.24. The summed E-state index contributed by atoms with van der Waals surface area (Å²) < 4.78 is 38.6. The summed E-state index contributed by atoms with van der Waals surface area (Å²) >= 11 is 0. The van der Waals surface area contributed by atoms with Crippen LogP contribution in [-0.4, -0.2) is 52.6 Å². The molecule has 0 amide bonds. The molecule has 0 saturated carbocycles. The van der Waals surface area contributed by atoms with Gasteiger partial charge in [0.1, 0.15) is 5.82 Å². The Balaban J connectivity index is 1.56. The van der Waals surface area contributed by atoms with Gasteiger partial charge < -0.3 is 19.7 Å². The predicted octanol–water partition coefficient (Wildman–Crippen LogP) is 3.58. The van der Waals surface area contributed by atoms with E-state index in [0.29, 0.717) is 41.8 Å². The zero-order valence-electron chi connectivity index (χ0n) is 17.3. The maximum Gasteiger partial charge on any atom is 0.227 e. The fourth-order valence-electron chi connectivity index (χ4n) is 3.55. The van der Waals surface area contributed by atoms with Crippen LogP contribution in [0.5, 0.6) is 5.75 Å². The van der Waals surface area contributed by atoms with Crippen molar-refractivity contribution in [2.75, 3.05) is 30.4 Å². The highest BCUT2D eigenvalue weighted by molar-refractivity contribution is 5.68. The molecule has 0 aliphatic carbocycles. The Morgan fingerprint density at radius 3 is 2.45 bits per heavy atom. The molecule has 3 aromatic rings. The molecule has 162 valence electrons. The van der Waals surface area contributed by atoms with Gasteiger partial charge in [0.05, 0.1) is 25.5 Å². The maximum absolute atomic E-state index is 14.1. The summed E-state index contributed by atoms with van der Waals surface area (Å²) in [6.45, 7) is 5.41. The van der Waals surface area contributed by atoms with E-state index in [1.54, 1.807) is 18.3 Å². The summed E-state index contributed by atoms with van der Waals surface area (Å²) in [7, 11) is 1.21. The van der Waals surface area contributed by atoms with Gasteiger partial charge in [0.25, 0.3) is 0 Å². The van der Waals surface area contributed by atoms with E-state index in [2.05, 4.69) is 30.4 Å². The third-order valence-corrected chi connectivity index (χ3v) is 4.79. The van der Waals surface area contributed by atoms with Crippen molar-refractivity contribution < 1.29 is 18.3 Å². The molecule has 10 heteroatoms. The number of hydrogen-bond acceptors (Lipinski definition) is 8. The van der Waals surface area contributed by atoms with Crippen LogP contribution in [0.2, 0.25) is 0 Å². The number of halogens is 2. The van der Waals surface area contributed by atoms with Crippen LogP contribution in [0.1, 0.15) is 13.8 Å². The lowest BCUT2D eigenvalue weighted by Crippen LogP contribution is -2.46. The molecule has 2 aromatic heterocycles. The molecule has 8 nitrogen and oxygen atoms in total. The highest BCUT2D eigenvalue weighted by Crippen LogP contribution is 2.29. The topological polar surface area (TPSA) is 85.3 Å². The minimum atomic E-state index is -0.793. The zero-order chi connectivity index (χ0) is 22.0. The molecule has 0 spiro atoms. The van der Waals surface area contributed by atoms with Crippen molar-refractivity contribution in [3.63, 3.8) is 0 Å². The molecule has 2 atom stereocenters. The van der Waals surface area contributed by atoms with Crippen LogP contribution in [0.15, 0.2) is 36.7 Å². The molecule has 31 heavy (non-hydrogen) atoms. The average molecular weight is 428 g/mol. The van der Waals surface area contributed by atoms with Crippen molar-refractivity contribution >= 4 is 17.6 Å². The number of nitrogens with one attached hydrogen (secondary N) is 1. The third-order valence-electron chi connectivity index (χ3n) is 4.79. The van der Waals surface area contributed by atoms with E-state index in [4.69, 9.17) is 9.47 Å². The van der Waals surface area contributed by atoms with Gasteiger partial charge in [-0.15, -0.1) is 5.10 Å². The molecule has 1 N–H and O–H groups in total. The third kappa shape index (κ3) is 4.69. The molecule has 1 aliphatic heterocycles. The average Bonchev–Trinajstić information content (AvgIpc) is 2.73. The molecule has 1 fully saturated rings. The van der Waals surface area contributed by atoms with Gasteiger partial charge in [0.15, 0.2) is 23.2 Å². The Hall–Kier alpha value is -3.40. The maximum atomic E-state index is 14.1. The lowest BCUT2D eigenvalue weighted by atomic mass is 10.1. The van der Waals surface area contributed by atoms with Crippen molar-refractivity contribution in [2.24, 2.45) is 0 Å². The number of morpholine rings is 1. The van der Waals surface area contributed by atoms with Gasteiger partial charge in [-0.1, -0.05) is 0 Å². The Bertz CT molecular complexity index is 1050. The van der Waals surface area contributed by atoms with Crippen molar-refractivity contribution in [1.82, 2.24) is 20.2 Å². The molecule has 1 saturated heterocycles. The number of anilines is 3. The lowest BCUT2D eigenvalue weighted by molar-refractivity contribution is -0.00571. The number of aromatic nitrogens is 4. The number of hydrogen-bond donors (Lipinski definition) is 1. The van der Waals surface area contributed by atoms with Crippen LogP contribution in [0.25, 0.3) is 11.1 Å². The van der Waals surface area contributed by atoms with Crippen LogP contribution in [0.4, 0.5) is 26.4 Å². The summed E-state index contributed by atoms with van der Waals surface area (Å²) in [6, 6.07) is 5.71. The van der Waals surface area contributed by atoms with E-state index >= 15 is 0 Å². The molecule has 0 radical (unpaired) electrons. The molecule has 0 unspecified atom stereocenters. The molecular weight excluding hydrogens is 406 g/mol. The summed E-state index contributed by atoms with van der Waals surface area (Å²) in [5.41, 5.74) is 0.802. The van der Waals surface area contributed by atoms with Crippen molar-refractivity contribution in [2.45, 2.75) is 26.1 Å². The zero-order valence-corrected chi connectivity index (χ0v) is 17.3. The molecule has 4 rings (SSSR count). The summed E-state index contributed by atoms with van der Waals surface area (Å²) in [5, 5.41) is 11.0. The fourth-order valence-corrected chi connectivity index (χ4v) is 3.55. The van der Waals surface area contributed by atoms with Gasteiger partial charge in [-0.2, -0.15) is 10.1 Å². The highest BCUT2D eigenvalue weighted by atomic mass is 19.1. The SMILES string of the molecule is COc1c(F)cc(-c2cnnc(Nc3ccnc(N4C[C@@H](C)O[C@@H](C)C4)n3)c2)cc1F. The van der Waals surface area contributed by atoms with Crippen LogP contribution in [-0.2, 0) is 4.74 Å². The Morgan fingerprint density at radius 2 is 1.77 bits per heavy atom. The Labute approximate surface area is 178 Å². The van der Waals surface area contributed by atoms with Gasteiger partial charge in [-0.25, -0.2) is 13.8 Å². The predicted molar refractivity (Wildman–Crippen MR) is 111 cm³/mol. The minimum absolute atomic E-state index is 0.0804. The fraction of sp³-hybridized carbons (Fsp3) is 0.333. The quantitative estimate of drug-likeness (QED) is 0.660. The van der Waals surface area contributed by atoms with E-state index in [1.165, 1.54) is 25.4 Å². The van der Waals surface area contributed by atoms with E-state index in [0.717, 1.165) is 0 Å². The lowest BCUT2D eigenvalue weighted by Gasteiger charge is -2.35. The summed E-state index contributed by atoms with van der Waals surface area (Å²) in [6.07, 6.45) is 3.24. The first-order valence-corrected chi connectivity index (χ1v) is 9.79. The minimum Gasteiger partial charge on any atom is -0.491 e. The number of benzene rings is 1. The summed E-state index contributed by atoms with van der Waals surface area (Å²) in [5.74, 6) is -0.533. The van der Waals surface area contributed by atoms with Crippen LogP contribution in [0, 0.1) is 11.6 Å². The van der Waals surface area contributed by atoms with Gasteiger partial charge in [-0.05, 0) is 43.7 Å². The first-order chi connectivity index (χ1) is 14.9. The van der Waals surface area contributed by atoms with E-state index in [-0.39, 0.29) is 12.2 Å². The Kier molecular flexibility index (Phi) is 5.90. The van der Waals surface area contributed by atoms with Gasteiger partial charge in [0.2, 0.25) is 5.95 Å². The first kappa shape index (κ1) is 20.9. The molecule has 1 aliphatic rings. The van der Waals surface area contributed by atoms with Gasteiger partial charge in [0, 0.05) is 24.8 Å². The molecular formula is C21H22F2N6O2. The second-order valence-corrected chi connectivity index (χ2v) is 7.33. The number of ether oxygens (including phenoxy) is 2. The van der Waals surface area contributed by atoms with Crippen LogP contribution in [0.3, 0.4) is 0 Å². The first-order valence-electron chi connectivity index (χ1n) is 9.79. The largest absolute Gasteiger partial charge is 0.491 e. The summed E-state index contributed by atoms with van der Waals surface area (Å²) in [4.78, 5) is 11.0. The second-order valence-electron chi connectivity index (χ2n) is 7.33. The molecule has 3 heterocycles. The van der Waals surface area contributed by atoms with E-state index in [1.807, 2.05) is 13.8 Å². The van der Waals surface area contributed by atoms with Crippen molar-refractivity contribution in [3.05, 3.63) is 48.3 Å². The monoisotopic (exact) mass is 428 g/mol. The van der Waals surface area contributed by atoms with Crippen molar-refractivity contribution in [3.8, 4) is 16.9 Å². The van der Waals surface area contributed by atoms with E-state index < -0.39 is 17.4 Å². The van der Waals surface area contributed by atoms with E-state index in [9.17, 15) is 8.78 Å². The van der Waals surface area contributed by atoms with Crippen LogP contribution >= 0.6 is 0 Å².